The van der Waals surface area contributed by atoms with Crippen molar-refractivity contribution in [2.45, 2.75) is 0 Å². The van der Waals surface area contributed by atoms with Crippen LogP contribution in [0.25, 0.3) is 76.3 Å². The van der Waals surface area contributed by atoms with Crippen molar-refractivity contribution < 1.29 is 20.4 Å². The largest absolute Gasteiger partial charge is 0.507 e. The van der Waals surface area contributed by atoms with Crippen molar-refractivity contribution in [1.82, 2.24) is 19.9 Å². The molecular weight excluding hydrogens is 937 g/mol. The Balaban J connectivity index is 1.32. The molecular formula is C68H48N4O4. The molecule has 0 radical (unpaired) electrons. The summed E-state index contributed by atoms with van der Waals surface area (Å²) in [5, 5.41) is 52.6. The van der Waals surface area contributed by atoms with E-state index in [-0.39, 0.29) is 23.0 Å². The Hall–Kier alpha value is -10.4. The van der Waals surface area contributed by atoms with Gasteiger partial charge >= 0.3 is 0 Å². The minimum absolute atomic E-state index is 0.0264. The number of hydrogen-bond donors (Lipinski definition) is 4. The molecule has 11 aromatic rings. The van der Waals surface area contributed by atoms with E-state index in [1.807, 2.05) is 170 Å². The maximum absolute atomic E-state index is 11.5. The normalized spacial score (nSPS) is 10.8. The van der Waals surface area contributed by atoms with E-state index in [0.29, 0.717) is 43.6 Å². The number of rotatable bonds is 4. The van der Waals surface area contributed by atoms with Gasteiger partial charge in [-0.25, -0.2) is 0 Å². The van der Waals surface area contributed by atoms with Crippen molar-refractivity contribution in [2.24, 2.45) is 0 Å². The predicted molar refractivity (Wildman–Crippen MR) is 308 cm³/mol. The minimum Gasteiger partial charge on any atom is -0.507 e. The number of phenols is 4. The Kier molecular flexibility index (Phi) is 13.7. The first kappa shape index (κ1) is 47.9. The molecule has 11 rings (SSSR count). The second-order valence-corrected chi connectivity index (χ2v) is 18.1. The minimum atomic E-state index is 0.0264. The van der Waals surface area contributed by atoms with Crippen molar-refractivity contribution in [1.29, 1.82) is 0 Å². The molecule has 10 aromatic carbocycles. The summed E-state index contributed by atoms with van der Waals surface area (Å²) in [7, 11) is 0. The molecule has 0 aliphatic carbocycles. The Morgan fingerprint density at radius 3 is 0.658 bits per heavy atom. The third kappa shape index (κ3) is 10.3. The van der Waals surface area contributed by atoms with E-state index < -0.39 is 0 Å². The van der Waals surface area contributed by atoms with Crippen LogP contribution in [-0.2, 0) is 0 Å². The fourth-order valence-electron chi connectivity index (χ4n) is 9.42. The van der Waals surface area contributed by atoms with Crippen LogP contribution in [0.5, 0.6) is 23.0 Å². The Morgan fingerprint density at radius 2 is 0.434 bits per heavy atom. The van der Waals surface area contributed by atoms with Gasteiger partial charge in [-0.1, -0.05) is 170 Å². The number of para-hydroxylation sites is 4. The summed E-state index contributed by atoms with van der Waals surface area (Å²) in [6, 6.07) is 77.2. The summed E-state index contributed by atoms with van der Waals surface area (Å²) in [6.45, 7) is 0. The van der Waals surface area contributed by atoms with Crippen molar-refractivity contribution in [3.8, 4) is 23.0 Å². The monoisotopic (exact) mass is 984 g/mol. The number of aromatic nitrogens is 4. The SMILES string of the molecule is Oc1ccc2cc1cnc1ccccc1ncc1cc(ccc1O)c(=C(c1ccccc1)c1ccccc1)c1ccc(O)c(cnc3ccccc3ncc3cc(ccc3O)c2=C(c2ccccc2)c2ccccc2)c1. The fraction of sp³-hybridized carbons (Fsp3) is 0. The number of hydrogen-bond acceptors (Lipinski definition) is 8. The maximum Gasteiger partial charge on any atom is 0.124 e. The number of benzene rings is 10. The van der Waals surface area contributed by atoms with Crippen LogP contribution >= 0.6 is 0 Å². The highest BCUT2D eigenvalue weighted by Crippen LogP contribution is 2.29. The van der Waals surface area contributed by atoms with E-state index in [9.17, 15) is 20.4 Å². The van der Waals surface area contributed by atoms with Gasteiger partial charge in [-0.05, 0) is 138 Å². The van der Waals surface area contributed by atoms with Crippen LogP contribution in [0.3, 0.4) is 0 Å². The van der Waals surface area contributed by atoms with E-state index in [0.717, 1.165) is 65.4 Å². The Morgan fingerprint density at radius 1 is 0.224 bits per heavy atom. The molecule has 4 N–H and O–H groups in total. The maximum atomic E-state index is 11.5. The number of fused-ring (bicyclic) bond motifs is 10. The van der Waals surface area contributed by atoms with Gasteiger partial charge in [0.2, 0.25) is 0 Å². The van der Waals surface area contributed by atoms with E-state index in [2.05, 4.69) is 48.5 Å². The summed E-state index contributed by atoms with van der Waals surface area (Å²) >= 11 is 0. The molecule has 8 bridgehead atoms. The zero-order valence-electron chi connectivity index (χ0n) is 41.0. The van der Waals surface area contributed by atoms with Gasteiger partial charge in [-0.15, -0.1) is 0 Å². The third-order valence-electron chi connectivity index (χ3n) is 13.1. The Bertz CT molecular complexity index is 3880. The van der Waals surface area contributed by atoms with Gasteiger partial charge in [0.05, 0.1) is 22.1 Å². The lowest BCUT2D eigenvalue weighted by atomic mass is 9.93. The molecule has 0 saturated carbocycles. The van der Waals surface area contributed by atoms with Gasteiger partial charge < -0.3 is 20.4 Å². The quantitative estimate of drug-likeness (QED) is 0.137. The standard InChI is InChI=1S/C68H48N4O4/c73-61-33-29-49-37-53(61)41-69-57-25-13-15-27-59(57)71-43-55-39-51(31-35-63(55)75)68(66(47-21-9-3-10-22-47)48-23-11-4-12-24-48)52-32-36-64(76)56(40-52)44-72-60-28-16-14-26-58(60)70-42-54-38-50(30-34-62(54)74)67(49)65(45-17-5-1-6-18-45)46-19-7-2-8-20-46/h1-44,73-76H. The lowest BCUT2D eigenvalue weighted by molar-refractivity contribution is 0.480. The molecule has 0 fully saturated rings. The van der Waals surface area contributed by atoms with E-state index >= 15 is 0 Å². The second-order valence-electron chi connectivity index (χ2n) is 18.1. The van der Waals surface area contributed by atoms with Crippen LogP contribution in [-0.4, -0.2) is 40.4 Å². The molecule has 0 aliphatic heterocycles. The van der Waals surface area contributed by atoms with Crippen molar-refractivity contribution in [2.75, 3.05) is 0 Å². The topological polar surface area (TPSA) is 132 Å². The van der Waals surface area contributed by atoms with Gasteiger partial charge in [0, 0.05) is 46.3 Å². The molecule has 0 aliphatic rings. The molecule has 1 aromatic heterocycles. The van der Waals surface area contributed by atoms with Crippen molar-refractivity contribution in [3.63, 3.8) is 0 Å². The van der Waals surface area contributed by atoms with Gasteiger partial charge in [0.25, 0.3) is 0 Å². The molecule has 364 valence electrons. The van der Waals surface area contributed by atoms with Crippen LogP contribution in [0.2, 0.25) is 0 Å². The van der Waals surface area contributed by atoms with E-state index in [4.69, 9.17) is 19.9 Å². The van der Waals surface area contributed by atoms with Gasteiger partial charge in [-0.3, -0.25) is 19.9 Å². The molecule has 8 nitrogen and oxygen atoms in total. The molecule has 0 amide bonds. The fourth-order valence-corrected chi connectivity index (χ4v) is 9.42. The van der Waals surface area contributed by atoms with E-state index in [1.165, 1.54) is 0 Å². The van der Waals surface area contributed by atoms with Gasteiger partial charge in [-0.2, -0.15) is 0 Å². The summed E-state index contributed by atoms with van der Waals surface area (Å²) in [5.74, 6) is 0.106. The van der Waals surface area contributed by atoms with Crippen LogP contribution in [0.1, 0.15) is 22.3 Å². The molecule has 0 saturated heterocycles. The molecule has 0 spiro atoms. The van der Waals surface area contributed by atoms with Gasteiger partial charge in [0.1, 0.15) is 23.0 Å². The molecule has 0 atom stereocenters. The molecule has 0 unspecified atom stereocenters. The summed E-state index contributed by atoms with van der Waals surface area (Å²) in [4.78, 5) is 19.7. The first-order valence-electron chi connectivity index (χ1n) is 24.7. The van der Waals surface area contributed by atoms with Crippen molar-refractivity contribution in [3.05, 3.63) is 300 Å². The number of phenolic OH excluding ortho intramolecular Hbond substituents is 4. The van der Waals surface area contributed by atoms with E-state index in [1.54, 1.807) is 49.1 Å². The van der Waals surface area contributed by atoms with Gasteiger partial charge in [0.15, 0.2) is 0 Å². The smallest absolute Gasteiger partial charge is 0.124 e. The first-order valence-corrected chi connectivity index (χ1v) is 24.7. The summed E-state index contributed by atoms with van der Waals surface area (Å²) < 4.78 is 0. The average molecular weight is 985 g/mol. The second kappa shape index (κ2) is 21.7. The molecule has 76 heavy (non-hydrogen) atoms. The van der Waals surface area contributed by atoms with Crippen LogP contribution in [0.4, 0.5) is 0 Å². The first-order chi connectivity index (χ1) is 37.3. The molecule has 8 heteroatoms. The highest BCUT2D eigenvalue weighted by Gasteiger charge is 2.12. The zero-order valence-corrected chi connectivity index (χ0v) is 41.0. The lowest BCUT2D eigenvalue weighted by Gasteiger charge is -2.11. The number of aromatic hydroxyl groups is 4. The highest BCUT2D eigenvalue weighted by atomic mass is 16.3. The average Bonchev–Trinajstić information content (AvgIpc) is 3.46. The number of nitrogens with zero attached hydrogens (tertiary/aromatic N) is 4. The summed E-state index contributed by atoms with van der Waals surface area (Å²) in [5.41, 5.74) is 7.82. The summed E-state index contributed by atoms with van der Waals surface area (Å²) in [6.07, 6.45) is 6.52. The van der Waals surface area contributed by atoms with Crippen LogP contribution in [0.15, 0.2) is 267 Å². The third-order valence-corrected chi connectivity index (χ3v) is 13.1. The predicted octanol–water partition coefficient (Wildman–Crippen LogP) is 14.0. The Labute approximate surface area is 437 Å². The molecule has 1 heterocycles. The van der Waals surface area contributed by atoms with Crippen LogP contribution in [0, 0.1) is 0 Å². The lowest BCUT2D eigenvalue weighted by Crippen LogP contribution is -2.10. The van der Waals surface area contributed by atoms with Crippen molar-refractivity contribution >= 4 is 76.3 Å². The highest BCUT2D eigenvalue weighted by molar-refractivity contribution is 5.93. The van der Waals surface area contributed by atoms with Crippen LogP contribution < -0.4 is 10.4 Å². The zero-order chi connectivity index (χ0) is 51.8.